The molecule has 1 aromatic rings. The Morgan fingerprint density at radius 2 is 2.38 bits per heavy atom. The van der Waals surface area contributed by atoms with Gasteiger partial charge in [-0.3, -0.25) is 4.79 Å². The van der Waals surface area contributed by atoms with E-state index in [-0.39, 0.29) is 11.2 Å². The molecule has 1 aromatic heterocycles. The van der Waals surface area contributed by atoms with Gasteiger partial charge in [-0.2, -0.15) is 0 Å². The lowest BCUT2D eigenvalue weighted by Gasteiger charge is -2.03. The number of rotatable bonds is 1. The van der Waals surface area contributed by atoms with Crippen molar-refractivity contribution in [1.82, 2.24) is 4.98 Å². The number of nitrogens with zero attached hydrogens (tertiary/aromatic N) is 1. The molecule has 0 bridgehead atoms. The average molecular weight is 194 g/mol. The van der Waals surface area contributed by atoms with E-state index in [4.69, 9.17) is 0 Å². The van der Waals surface area contributed by atoms with Crippen molar-refractivity contribution < 1.29 is 4.79 Å². The zero-order valence-electron chi connectivity index (χ0n) is 7.50. The van der Waals surface area contributed by atoms with E-state index in [1.807, 2.05) is 19.2 Å². The van der Waals surface area contributed by atoms with Gasteiger partial charge < -0.3 is 5.32 Å². The molecule has 2 heterocycles. The molecular weight excluding hydrogens is 184 g/mol. The molecule has 4 heteroatoms. The third-order valence-electron chi connectivity index (χ3n) is 2.05. The van der Waals surface area contributed by atoms with Crippen molar-refractivity contribution in [1.29, 1.82) is 0 Å². The van der Waals surface area contributed by atoms with Crippen LogP contribution < -0.4 is 5.32 Å². The minimum Gasteiger partial charge on any atom is -0.309 e. The number of carbonyl (C=O) groups is 1. The van der Waals surface area contributed by atoms with Crippen LogP contribution >= 0.6 is 11.8 Å². The normalized spacial score (nSPS) is 19.8. The van der Waals surface area contributed by atoms with Crippen LogP contribution in [0, 0.1) is 6.92 Å². The zero-order valence-corrected chi connectivity index (χ0v) is 8.31. The molecule has 0 aliphatic carbocycles. The fraction of sp³-hybridized carbons (Fsp3) is 0.333. The molecule has 13 heavy (non-hydrogen) atoms. The number of nitrogens with one attached hydrogen (secondary N) is 1. The summed E-state index contributed by atoms with van der Waals surface area (Å²) in [7, 11) is 0. The third kappa shape index (κ3) is 1.31. The summed E-state index contributed by atoms with van der Waals surface area (Å²) in [6, 6.07) is 2.02. The molecule has 1 unspecified atom stereocenters. The Hall–Kier alpha value is -1.03. The van der Waals surface area contributed by atoms with Crippen molar-refractivity contribution in [2.75, 3.05) is 11.6 Å². The maximum Gasteiger partial charge on any atom is 0.243 e. The lowest BCUT2D eigenvalue weighted by molar-refractivity contribution is -0.115. The van der Waals surface area contributed by atoms with Crippen LogP contribution in [-0.2, 0) is 4.79 Å². The number of amides is 1. The maximum atomic E-state index is 11.4. The Labute approximate surface area is 80.9 Å². The summed E-state index contributed by atoms with van der Waals surface area (Å²) in [5.41, 5.74) is 2.10. The van der Waals surface area contributed by atoms with Crippen LogP contribution in [0.25, 0.3) is 0 Å². The molecule has 1 amide bonds. The van der Waals surface area contributed by atoms with Gasteiger partial charge in [-0.05, 0) is 24.8 Å². The van der Waals surface area contributed by atoms with E-state index >= 15 is 0 Å². The van der Waals surface area contributed by atoms with E-state index in [1.165, 1.54) is 11.8 Å². The predicted molar refractivity (Wildman–Crippen MR) is 53.9 cm³/mol. The first kappa shape index (κ1) is 8.56. The molecule has 1 atom stereocenters. The molecule has 2 rings (SSSR count). The number of thioether (sulfide) groups is 1. The number of carbonyl (C=O) groups excluding carboxylic acids is 1. The van der Waals surface area contributed by atoms with E-state index in [2.05, 4.69) is 10.3 Å². The first-order chi connectivity index (χ1) is 6.22. The van der Waals surface area contributed by atoms with E-state index in [9.17, 15) is 4.79 Å². The molecule has 1 aliphatic rings. The van der Waals surface area contributed by atoms with Crippen molar-refractivity contribution in [3.63, 3.8) is 0 Å². The van der Waals surface area contributed by atoms with E-state index in [0.717, 1.165) is 16.9 Å². The van der Waals surface area contributed by atoms with Gasteiger partial charge in [0.05, 0.1) is 0 Å². The second-order valence-electron chi connectivity index (χ2n) is 3.06. The topological polar surface area (TPSA) is 42.0 Å². The van der Waals surface area contributed by atoms with Crippen molar-refractivity contribution >= 4 is 23.5 Å². The summed E-state index contributed by atoms with van der Waals surface area (Å²) in [6.45, 7) is 1.98. The second kappa shape index (κ2) is 3.03. The second-order valence-corrected chi connectivity index (χ2v) is 4.00. The number of hydrogen-bond acceptors (Lipinski definition) is 3. The molecule has 1 aliphatic heterocycles. The fourth-order valence-electron chi connectivity index (χ4n) is 1.45. The summed E-state index contributed by atoms with van der Waals surface area (Å²) >= 11 is 1.54. The zero-order chi connectivity index (χ0) is 9.42. The Morgan fingerprint density at radius 3 is 3.08 bits per heavy atom. The molecule has 0 saturated carbocycles. The van der Waals surface area contributed by atoms with Gasteiger partial charge in [0.2, 0.25) is 5.91 Å². The Morgan fingerprint density at radius 1 is 1.62 bits per heavy atom. The van der Waals surface area contributed by atoms with Crippen LogP contribution in [0.3, 0.4) is 0 Å². The van der Waals surface area contributed by atoms with E-state index in [1.54, 1.807) is 6.20 Å². The highest BCUT2D eigenvalue weighted by molar-refractivity contribution is 7.99. The molecule has 0 fully saturated rings. The molecule has 0 aromatic carbocycles. The van der Waals surface area contributed by atoms with Crippen molar-refractivity contribution in [2.24, 2.45) is 0 Å². The van der Waals surface area contributed by atoms with E-state index < -0.39 is 0 Å². The van der Waals surface area contributed by atoms with Crippen molar-refractivity contribution in [2.45, 2.75) is 12.2 Å². The smallest absolute Gasteiger partial charge is 0.243 e. The maximum absolute atomic E-state index is 11.4. The molecule has 3 nitrogen and oxygen atoms in total. The Bertz CT molecular complexity index is 365. The van der Waals surface area contributed by atoms with Crippen LogP contribution in [0.1, 0.15) is 16.4 Å². The summed E-state index contributed by atoms with van der Waals surface area (Å²) in [4.78, 5) is 15.6. The van der Waals surface area contributed by atoms with Crippen LogP contribution in [0.4, 0.5) is 5.82 Å². The number of hydrogen-bond donors (Lipinski definition) is 1. The van der Waals surface area contributed by atoms with Gasteiger partial charge in [0.25, 0.3) is 0 Å². The number of aromatic nitrogens is 1. The van der Waals surface area contributed by atoms with Crippen LogP contribution in [-0.4, -0.2) is 17.1 Å². The first-order valence-corrected chi connectivity index (χ1v) is 5.31. The van der Waals surface area contributed by atoms with Gasteiger partial charge in [-0.25, -0.2) is 4.98 Å². The number of pyridine rings is 1. The van der Waals surface area contributed by atoms with Crippen molar-refractivity contribution in [3.05, 3.63) is 23.4 Å². The minimum atomic E-state index is -0.0811. The molecule has 68 valence electrons. The standard InChI is InChI=1S/C9H10N2OS/c1-5-3-6-7(13-2)9(12)11-8(6)10-4-5/h3-4,7H,1-2H3,(H,10,11,12). The predicted octanol–water partition coefficient (Wildman–Crippen LogP) is 1.75. The van der Waals surface area contributed by atoms with Gasteiger partial charge in [-0.15, -0.1) is 11.8 Å². The Kier molecular flexibility index (Phi) is 2.00. The van der Waals surface area contributed by atoms with Crippen LogP contribution in [0.15, 0.2) is 12.3 Å². The van der Waals surface area contributed by atoms with Gasteiger partial charge in [0.15, 0.2) is 0 Å². The molecule has 0 saturated heterocycles. The van der Waals surface area contributed by atoms with Gasteiger partial charge in [0.1, 0.15) is 11.1 Å². The quantitative estimate of drug-likeness (QED) is 0.740. The summed E-state index contributed by atoms with van der Waals surface area (Å²) in [6.07, 6.45) is 3.70. The van der Waals surface area contributed by atoms with Gasteiger partial charge in [0, 0.05) is 11.8 Å². The molecule has 1 N–H and O–H groups in total. The molecule has 0 spiro atoms. The van der Waals surface area contributed by atoms with Crippen LogP contribution in [0.5, 0.6) is 0 Å². The summed E-state index contributed by atoms with van der Waals surface area (Å²) in [5, 5.41) is 2.67. The monoisotopic (exact) mass is 194 g/mol. The highest BCUT2D eigenvalue weighted by Gasteiger charge is 2.30. The lowest BCUT2D eigenvalue weighted by Crippen LogP contribution is -2.08. The largest absolute Gasteiger partial charge is 0.309 e. The summed E-state index contributed by atoms with van der Waals surface area (Å²) in [5.74, 6) is 0.760. The molecular formula is C9H10N2OS. The SMILES string of the molecule is CSC1C(=O)Nc2ncc(C)cc21. The number of fused-ring (bicyclic) bond motifs is 1. The highest BCUT2D eigenvalue weighted by Crippen LogP contribution is 2.37. The fourth-order valence-corrected chi connectivity index (χ4v) is 2.16. The number of aryl methyl sites for hydroxylation is 1. The van der Waals surface area contributed by atoms with Gasteiger partial charge in [-0.1, -0.05) is 0 Å². The lowest BCUT2D eigenvalue weighted by atomic mass is 10.2. The average Bonchev–Trinajstić information content (AvgIpc) is 2.40. The highest BCUT2D eigenvalue weighted by atomic mass is 32.2. The van der Waals surface area contributed by atoms with Crippen LogP contribution in [0.2, 0.25) is 0 Å². The van der Waals surface area contributed by atoms with Gasteiger partial charge >= 0.3 is 0 Å². The first-order valence-electron chi connectivity index (χ1n) is 4.02. The van der Waals surface area contributed by atoms with Crippen molar-refractivity contribution in [3.8, 4) is 0 Å². The van der Waals surface area contributed by atoms with E-state index in [0.29, 0.717) is 0 Å². The number of anilines is 1. The minimum absolute atomic E-state index is 0.0422. The Balaban J connectivity index is 2.50. The summed E-state index contributed by atoms with van der Waals surface area (Å²) < 4.78 is 0. The third-order valence-corrected chi connectivity index (χ3v) is 2.99. The molecule has 0 radical (unpaired) electrons.